The highest BCUT2D eigenvalue weighted by molar-refractivity contribution is 5.74. The summed E-state index contributed by atoms with van der Waals surface area (Å²) >= 11 is 0. The molecular weight excluding hydrogens is 240 g/mol. The van der Waals surface area contributed by atoms with Gasteiger partial charge in [-0.1, -0.05) is 30.7 Å². The molecule has 19 heavy (non-hydrogen) atoms. The van der Waals surface area contributed by atoms with Crippen molar-refractivity contribution in [2.45, 2.75) is 45.4 Å². The van der Waals surface area contributed by atoms with Crippen molar-refractivity contribution >= 4 is 6.03 Å². The van der Waals surface area contributed by atoms with E-state index in [0.29, 0.717) is 12.5 Å². The molecule has 4 heteroatoms. The molecule has 0 radical (unpaired) electrons. The van der Waals surface area contributed by atoms with Crippen LogP contribution in [0, 0.1) is 5.92 Å². The van der Waals surface area contributed by atoms with Crippen LogP contribution >= 0.6 is 0 Å². The molecule has 1 atom stereocenters. The molecular formula is C15H22N2O2. The lowest BCUT2D eigenvalue weighted by atomic mass is 9.80. The van der Waals surface area contributed by atoms with E-state index >= 15 is 0 Å². The summed E-state index contributed by atoms with van der Waals surface area (Å²) < 4.78 is 0. The largest absolute Gasteiger partial charge is 0.392 e. The Bertz CT molecular complexity index is 430. The highest BCUT2D eigenvalue weighted by Gasteiger charge is 2.24. The van der Waals surface area contributed by atoms with Crippen molar-refractivity contribution in [1.29, 1.82) is 0 Å². The maximum absolute atomic E-state index is 11.8. The molecule has 1 aliphatic carbocycles. The molecule has 0 bridgehead atoms. The normalized spacial score (nSPS) is 16.5. The SMILES string of the molecule is CC(NC(=O)NCc1ccccc1CO)C1CCC1. The molecule has 1 unspecified atom stereocenters. The number of nitrogens with one attached hydrogen (secondary N) is 2. The van der Waals surface area contributed by atoms with E-state index in [9.17, 15) is 9.90 Å². The second kappa shape index (κ2) is 6.57. The second-order valence-corrected chi connectivity index (χ2v) is 5.23. The van der Waals surface area contributed by atoms with E-state index in [1.54, 1.807) is 0 Å². The summed E-state index contributed by atoms with van der Waals surface area (Å²) in [5, 5.41) is 15.0. The lowest BCUT2D eigenvalue weighted by Gasteiger charge is -2.31. The molecule has 1 aromatic rings. The fourth-order valence-corrected chi connectivity index (χ4v) is 2.38. The van der Waals surface area contributed by atoms with Gasteiger partial charge in [0, 0.05) is 12.6 Å². The van der Waals surface area contributed by atoms with Gasteiger partial charge >= 0.3 is 6.03 Å². The minimum atomic E-state index is -0.132. The van der Waals surface area contributed by atoms with Crippen LogP contribution in [0.15, 0.2) is 24.3 Å². The van der Waals surface area contributed by atoms with E-state index in [4.69, 9.17) is 0 Å². The van der Waals surface area contributed by atoms with Gasteiger partial charge in [-0.3, -0.25) is 0 Å². The van der Waals surface area contributed by atoms with Crippen LogP contribution in [0.2, 0.25) is 0 Å². The maximum atomic E-state index is 11.8. The van der Waals surface area contributed by atoms with Crippen molar-refractivity contribution in [3.05, 3.63) is 35.4 Å². The Morgan fingerprint density at radius 1 is 1.37 bits per heavy atom. The lowest BCUT2D eigenvalue weighted by Crippen LogP contribution is -2.45. The molecule has 4 nitrogen and oxygen atoms in total. The van der Waals surface area contributed by atoms with Crippen LogP contribution in [0.4, 0.5) is 4.79 Å². The Morgan fingerprint density at radius 3 is 2.63 bits per heavy atom. The predicted octanol–water partition coefficient (Wildman–Crippen LogP) is 2.17. The average molecular weight is 262 g/mol. The highest BCUT2D eigenvalue weighted by Crippen LogP contribution is 2.29. The topological polar surface area (TPSA) is 61.4 Å². The first kappa shape index (κ1) is 13.9. The van der Waals surface area contributed by atoms with Gasteiger partial charge in [-0.15, -0.1) is 0 Å². The van der Waals surface area contributed by atoms with Crippen LogP contribution in [0.3, 0.4) is 0 Å². The smallest absolute Gasteiger partial charge is 0.315 e. The van der Waals surface area contributed by atoms with Crippen molar-refractivity contribution in [2.24, 2.45) is 5.92 Å². The molecule has 0 aromatic heterocycles. The monoisotopic (exact) mass is 262 g/mol. The third-order valence-electron chi connectivity index (χ3n) is 3.94. The van der Waals surface area contributed by atoms with E-state index in [1.807, 2.05) is 24.3 Å². The summed E-state index contributed by atoms with van der Waals surface area (Å²) in [6, 6.07) is 7.68. The number of urea groups is 1. The quantitative estimate of drug-likeness (QED) is 0.761. The number of benzene rings is 1. The summed E-state index contributed by atoms with van der Waals surface area (Å²) in [6.07, 6.45) is 3.71. The Balaban J connectivity index is 1.79. The van der Waals surface area contributed by atoms with Crippen molar-refractivity contribution in [3.63, 3.8) is 0 Å². The molecule has 2 rings (SSSR count). The number of hydrogen-bond acceptors (Lipinski definition) is 2. The number of carbonyl (C=O) groups excluding carboxylic acids is 1. The number of rotatable bonds is 5. The van der Waals surface area contributed by atoms with E-state index < -0.39 is 0 Å². The summed E-state index contributed by atoms with van der Waals surface area (Å²) in [5.74, 6) is 0.635. The molecule has 1 fully saturated rings. The highest BCUT2D eigenvalue weighted by atomic mass is 16.3. The van der Waals surface area contributed by atoms with Crippen molar-refractivity contribution in [3.8, 4) is 0 Å². The van der Waals surface area contributed by atoms with Gasteiger partial charge in [-0.05, 0) is 36.8 Å². The van der Waals surface area contributed by atoms with Crippen LogP contribution in [-0.4, -0.2) is 17.2 Å². The Hall–Kier alpha value is -1.55. The zero-order valence-electron chi connectivity index (χ0n) is 11.4. The minimum absolute atomic E-state index is 0.00203. The molecule has 0 aliphatic heterocycles. The maximum Gasteiger partial charge on any atom is 0.315 e. The number of amides is 2. The molecule has 0 spiro atoms. The van der Waals surface area contributed by atoms with Crippen LogP contribution in [-0.2, 0) is 13.2 Å². The van der Waals surface area contributed by atoms with Crippen molar-refractivity contribution in [2.75, 3.05) is 0 Å². The van der Waals surface area contributed by atoms with Gasteiger partial charge < -0.3 is 15.7 Å². The molecule has 104 valence electrons. The van der Waals surface area contributed by atoms with Crippen LogP contribution in [0.25, 0.3) is 0 Å². The minimum Gasteiger partial charge on any atom is -0.392 e. The molecule has 1 aliphatic rings. The van der Waals surface area contributed by atoms with E-state index in [0.717, 1.165) is 11.1 Å². The Morgan fingerprint density at radius 2 is 2.05 bits per heavy atom. The Kier molecular flexibility index (Phi) is 4.80. The Labute approximate surface area is 114 Å². The van der Waals surface area contributed by atoms with E-state index in [-0.39, 0.29) is 18.7 Å². The van der Waals surface area contributed by atoms with Gasteiger partial charge in [0.15, 0.2) is 0 Å². The summed E-state index contributed by atoms with van der Waals surface area (Å²) in [7, 11) is 0. The zero-order chi connectivity index (χ0) is 13.7. The van der Waals surface area contributed by atoms with Gasteiger partial charge in [0.1, 0.15) is 0 Å². The van der Waals surface area contributed by atoms with Gasteiger partial charge in [0.2, 0.25) is 0 Å². The van der Waals surface area contributed by atoms with Crippen LogP contribution in [0.5, 0.6) is 0 Å². The molecule has 3 N–H and O–H groups in total. The third-order valence-corrected chi connectivity index (χ3v) is 3.94. The third kappa shape index (κ3) is 3.70. The van der Waals surface area contributed by atoms with E-state index in [1.165, 1.54) is 19.3 Å². The summed E-state index contributed by atoms with van der Waals surface area (Å²) in [4.78, 5) is 11.8. The molecule has 1 aromatic carbocycles. The van der Waals surface area contributed by atoms with Gasteiger partial charge in [0.05, 0.1) is 6.61 Å². The summed E-state index contributed by atoms with van der Waals surface area (Å²) in [6.45, 7) is 2.50. The first-order chi connectivity index (χ1) is 9.20. The first-order valence-electron chi connectivity index (χ1n) is 6.92. The standard InChI is InChI=1S/C15H22N2O2/c1-11(12-7-4-8-12)17-15(19)16-9-13-5-2-3-6-14(13)10-18/h2-3,5-6,11-12,18H,4,7-10H2,1H3,(H2,16,17,19). The molecule has 2 amide bonds. The predicted molar refractivity (Wildman–Crippen MR) is 74.5 cm³/mol. The lowest BCUT2D eigenvalue weighted by molar-refractivity contribution is 0.213. The van der Waals surface area contributed by atoms with Crippen molar-refractivity contribution < 1.29 is 9.90 Å². The van der Waals surface area contributed by atoms with Gasteiger partial charge in [-0.2, -0.15) is 0 Å². The van der Waals surface area contributed by atoms with Crippen LogP contribution < -0.4 is 10.6 Å². The number of aliphatic hydroxyl groups is 1. The van der Waals surface area contributed by atoms with Gasteiger partial charge in [0.25, 0.3) is 0 Å². The number of carbonyl (C=O) groups is 1. The van der Waals surface area contributed by atoms with Crippen molar-refractivity contribution in [1.82, 2.24) is 10.6 Å². The number of hydrogen-bond donors (Lipinski definition) is 3. The molecule has 1 saturated carbocycles. The zero-order valence-corrected chi connectivity index (χ0v) is 11.4. The fraction of sp³-hybridized carbons (Fsp3) is 0.533. The van der Waals surface area contributed by atoms with Crippen LogP contribution in [0.1, 0.15) is 37.3 Å². The van der Waals surface area contributed by atoms with E-state index in [2.05, 4.69) is 17.6 Å². The number of aliphatic hydroxyl groups excluding tert-OH is 1. The summed E-state index contributed by atoms with van der Waals surface area (Å²) in [5.41, 5.74) is 1.81. The molecule has 0 saturated heterocycles. The average Bonchev–Trinajstić information content (AvgIpc) is 2.34. The first-order valence-corrected chi connectivity index (χ1v) is 6.92. The second-order valence-electron chi connectivity index (χ2n) is 5.23. The molecule has 0 heterocycles. The van der Waals surface area contributed by atoms with Gasteiger partial charge in [-0.25, -0.2) is 4.79 Å². The fourth-order valence-electron chi connectivity index (χ4n) is 2.38.